The third kappa shape index (κ3) is 3.52. The van der Waals surface area contributed by atoms with Gasteiger partial charge in [-0.15, -0.1) is 0 Å². The molecular weight excluding hydrogens is 228 g/mol. The Morgan fingerprint density at radius 1 is 0.889 bits per heavy atom. The molecule has 2 aromatic rings. The van der Waals surface area contributed by atoms with Crippen LogP contribution in [0.15, 0.2) is 54.6 Å². The van der Waals surface area contributed by atoms with Crippen molar-refractivity contribution in [1.82, 2.24) is 0 Å². The van der Waals surface area contributed by atoms with E-state index in [1.165, 1.54) is 6.92 Å². The summed E-state index contributed by atoms with van der Waals surface area (Å²) >= 11 is 0. The van der Waals surface area contributed by atoms with Crippen molar-refractivity contribution < 1.29 is 9.53 Å². The molecule has 0 saturated carbocycles. The van der Waals surface area contributed by atoms with Crippen LogP contribution in [-0.4, -0.2) is 5.97 Å². The largest absolute Gasteiger partial charge is 0.427 e. The monoisotopic (exact) mass is 242 g/mol. The Balaban J connectivity index is 1.92. The Hall–Kier alpha value is -2.49. The number of ether oxygens (including phenoxy) is 1. The zero-order valence-electron chi connectivity index (χ0n) is 10.0. The molecule has 0 spiro atoms. The van der Waals surface area contributed by atoms with Crippen molar-refractivity contribution >= 4 is 17.3 Å². The Morgan fingerprint density at radius 2 is 1.44 bits per heavy atom. The van der Waals surface area contributed by atoms with Crippen molar-refractivity contribution in [2.75, 3.05) is 10.9 Å². The highest BCUT2D eigenvalue weighted by Crippen LogP contribution is 2.16. The lowest BCUT2D eigenvalue weighted by molar-refractivity contribution is -0.131. The van der Waals surface area contributed by atoms with E-state index in [0.29, 0.717) is 5.75 Å². The predicted octanol–water partition coefficient (Wildman–Crippen LogP) is 3.05. The number of hydrogen-bond acceptors (Lipinski definition) is 4. The van der Waals surface area contributed by atoms with Crippen molar-refractivity contribution in [2.45, 2.75) is 6.92 Å². The van der Waals surface area contributed by atoms with Gasteiger partial charge in [0.2, 0.25) is 0 Å². The van der Waals surface area contributed by atoms with Crippen LogP contribution in [0.4, 0.5) is 11.4 Å². The molecule has 0 amide bonds. The van der Waals surface area contributed by atoms with E-state index in [4.69, 9.17) is 4.74 Å². The van der Waals surface area contributed by atoms with Crippen LogP contribution in [0.1, 0.15) is 6.92 Å². The number of nitrogens with one attached hydrogen (secondary N) is 2. The standard InChI is InChI=1S/C14H14N2O2/c1-11(17)18-14-9-7-13(8-10-14)16-15-12-5-3-2-4-6-12/h2-10,15-16H,1H3. The lowest BCUT2D eigenvalue weighted by Gasteiger charge is -2.10. The van der Waals surface area contributed by atoms with E-state index >= 15 is 0 Å². The smallest absolute Gasteiger partial charge is 0.308 e. The highest BCUT2D eigenvalue weighted by Gasteiger charge is 1.97. The fourth-order valence-corrected chi connectivity index (χ4v) is 1.44. The molecule has 4 nitrogen and oxygen atoms in total. The molecule has 18 heavy (non-hydrogen) atoms. The Labute approximate surface area is 106 Å². The lowest BCUT2D eigenvalue weighted by Crippen LogP contribution is -2.08. The molecule has 0 fully saturated rings. The van der Waals surface area contributed by atoms with Crippen LogP contribution < -0.4 is 15.6 Å². The van der Waals surface area contributed by atoms with Crippen molar-refractivity contribution in [3.8, 4) is 5.75 Å². The fraction of sp³-hybridized carbons (Fsp3) is 0.0714. The summed E-state index contributed by atoms with van der Waals surface area (Å²) in [4.78, 5) is 10.8. The van der Waals surface area contributed by atoms with Crippen molar-refractivity contribution in [3.05, 3.63) is 54.6 Å². The minimum absolute atomic E-state index is 0.321. The van der Waals surface area contributed by atoms with Gasteiger partial charge in [0.05, 0.1) is 11.4 Å². The molecule has 2 N–H and O–H groups in total. The number of para-hydroxylation sites is 1. The summed E-state index contributed by atoms with van der Waals surface area (Å²) in [5, 5.41) is 0. The molecule has 4 heteroatoms. The highest BCUT2D eigenvalue weighted by atomic mass is 16.5. The van der Waals surface area contributed by atoms with E-state index in [2.05, 4.69) is 10.9 Å². The quantitative estimate of drug-likeness (QED) is 0.491. The zero-order chi connectivity index (χ0) is 12.8. The van der Waals surface area contributed by atoms with Crippen LogP contribution in [0.2, 0.25) is 0 Å². The third-order valence-electron chi connectivity index (χ3n) is 2.24. The first-order valence-electron chi connectivity index (χ1n) is 5.59. The Morgan fingerprint density at radius 3 is 2.00 bits per heavy atom. The van der Waals surface area contributed by atoms with E-state index in [9.17, 15) is 4.79 Å². The minimum atomic E-state index is -0.321. The molecule has 0 radical (unpaired) electrons. The molecule has 0 aliphatic heterocycles. The minimum Gasteiger partial charge on any atom is -0.427 e. The van der Waals surface area contributed by atoms with Gasteiger partial charge in [0.25, 0.3) is 0 Å². The highest BCUT2D eigenvalue weighted by molar-refractivity contribution is 5.69. The summed E-state index contributed by atoms with van der Waals surface area (Å²) in [6.07, 6.45) is 0. The van der Waals surface area contributed by atoms with E-state index in [0.717, 1.165) is 11.4 Å². The van der Waals surface area contributed by atoms with Gasteiger partial charge < -0.3 is 15.6 Å². The Kier molecular flexibility index (Phi) is 3.81. The van der Waals surface area contributed by atoms with Gasteiger partial charge in [0.15, 0.2) is 0 Å². The van der Waals surface area contributed by atoms with Gasteiger partial charge in [-0.3, -0.25) is 4.79 Å². The zero-order valence-corrected chi connectivity index (χ0v) is 10.0. The average molecular weight is 242 g/mol. The average Bonchev–Trinajstić information content (AvgIpc) is 2.38. The summed E-state index contributed by atoms with van der Waals surface area (Å²) in [7, 11) is 0. The van der Waals surface area contributed by atoms with Crippen molar-refractivity contribution in [3.63, 3.8) is 0 Å². The van der Waals surface area contributed by atoms with Gasteiger partial charge >= 0.3 is 5.97 Å². The molecule has 0 heterocycles. The molecule has 0 bridgehead atoms. The van der Waals surface area contributed by atoms with E-state index in [-0.39, 0.29) is 5.97 Å². The number of hydrazine groups is 1. The second kappa shape index (κ2) is 5.72. The maximum Gasteiger partial charge on any atom is 0.308 e. The van der Waals surface area contributed by atoms with Crippen LogP contribution in [0.3, 0.4) is 0 Å². The number of esters is 1. The predicted molar refractivity (Wildman–Crippen MR) is 71.4 cm³/mol. The van der Waals surface area contributed by atoms with E-state index < -0.39 is 0 Å². The third-order valence-corrected chi connectivity index (χ3v) is 2.24. The first-order valence-corrected chi connectivity index (χ1v) is 5.59. The number of rotatable bonds is 4. The van der Waals surface area contributed by atoms with Crippen LogP contribution in [0.5, 0.6) is 5.75 Å². The van der Waals surface area contributed by atoms with Crippen LogP contribution in [0, 0.1) is 0 Å². The molecule has 0 aromatic heterocycles. The SMILES string of the molecule is CC(=O)Oc1ccc(NNc2ccccc2)cc1. The summed E-state index contributed by atoms with van der Waals surface area (Å²) in [5.41, 5.74) is 7.97. The number of hydrogen-bond donors (Lipinski definition) is 2. The molecule has 2 rings (SSSR count). The molecule has 0 atom stereocenters. The summed E-state index contributed by atoms with van der Waals surface area (Å²) in [6.45, 7) is 1.38. The van der Waals surface area contributed by atoms with Crippen molar-refractivity contribution in [1.29, 1.82) is 0 Å². The maximum absolute atomic E-state index is 10.8. The Bertz CT molecular complexity index is 509. The molecule has 0 saturated heterocycles. The second-order valence-corrected chi connectivity index (χ2v) is 3.73. The van der Waals surface area contributed by atoms with Crippen LogP contribution in [0.25, 0.3) is 0 Å². The fourth-order valence-electron chi connectivity index (χ4n) is 1.44. The second-order valence-electron chi connectivity index (χ2n) is 3.73. The molecular formula is C14H14N2O2. The van der Waals surface area contributed by atoms with Gasteiger partial charge in [-0.2, -0.15) is 0 Å². The number of carbonyl (C=O) groups is 1. The topological polar surface area (TPSA) is 50.4 Å². The first kappa shape index (κ1) is 12.0. The lowest BCUT2D eigenvalue weighted by atomic mass is 10.3. The molecule has 92 valence electrons. The summed E-state index contributed by atoms with van der Waals surface area (Å²) in [5.74, 6) is 0.214. The van der Waals surface area contributed by atoms with Crippen LogP contribution in [-0.2, 0) is 4.79 Å². The maximum atomic E-state index is 10.8. The first-order chi connectivity index (χ1) is 8.74. The summed E-state index contributed by atoms with van der Waals surface area (Å²) < 4.78 is 4.94. The molecule has 2 aromatic carbocycles. The summed E-state index contributed by atoms with van der Waals surface area (Å²) in [6, 6.07) is 16.9. The normalized spacial score (nSPS) is 9.61. The number of anilines is 2. The van der Waals surface area contributed by atoms with Gasteiger partial charge in [-0.1, -0.05) is 18.2 Å². The van der Waals surface area contributed by atoms with Gasteiger partial charge in [0, 0.05) is 6.92 Å². The number of benzene rings is 2. The molecule has 0 aliphatic rings. The molecule has 0 aliphatic carbocycles. The van der Waals surface area contributed by atoms with Gasteiger partial charge in [-0.25, -0.2) is 0 Å². The van der Waals surface area contributed by atoms with Crippen molar-refractivity contribution in [2.24, 2.45) is 0 Å². The van der Waals surface area contributed by atoms with E-state index in [1.807, 2.05) is 42.5 Å². The van der Waals surface area contributed by atoms with Crippen LogP contribution >= 0.6 is 0 Å². The molecule has 0 unspecified atom stereocenters. The van der Waals surface area contributed by atoms with Gasteiger partial charge in [0.1, 0.15) is 5.75 Å². The van der Waals surface area contributed by atoms with Gasteiger partial charge in [-0.05, 0) is 36.4 Å². The van der Waals surface area contributed by atoms with E-state index in [1.54, 1.807) is 12.1 Å². The number of carbonyl (C=O) groups excluding carboxylic acids is 1.